The molecule has 126 valence electrons. The molecule has 21 heavy (non-hydrogen) atoms. The highest BCUT2D eigenvalue weighted by Gasteiger charge is 2.14. The highest BCUT2D eigenvalue weighted by Crippen LogP contribution is 2.18. The Kier molecular flexibility index (Phi) is 10.5. The standard InChI is InChI=1S/C14H28N2.CH4O3S/c1-4-6-7-9-14(8-5-2)12-16-11-10-15(3)13-16;1-5(2,3)4/h10-11,14H,4-9,12-13H2,1-3H3;1H3,(H,2,3,4). The fraction of sp³-hybridized carbons (Fsp3) is 0.867. The Morgan fingerprint density at radius 2 is 1.76 bits per heavy atom. The van der Waals surface area contributed by atoms with Gasteiger partial charge in [-0.2, -0.15) is 8.42 Å². The zero-order valence-corrected chi connectivity index (χ0v) is 14.8. The summed E-state index contributed by atoms with van der Waals surface area (Å²) in [6.45, 7) is 6.91. The molecule has 0 saturated heterocycles. The van der Waals surface area contributed by atoms with Crippen LogP contribution >= 0.6 is 0 Å². The second kappa shape index (κ2) is 10.9. The summed E-state index contributed by atoms with van der Waals surface area (Å²) in [4.78, 5) is 4.70. The van der Waals surface area contributed by atoms with E-state index in [1.165, 1.54) is 45.1 Å². The monoisotopic (exact) mass is 320 g/mol. The van der Waals surface area contributed by atoms with Crippen LogP contribution in [0.25, 0.3) is 0 Å². The van der Waals surface area contributed by atoms with Crippen LogP contribution in [0, 0.1) is 5.92 Å². The summed E-state index contributed by atoms with van der Waals surface area (Å²) in [6.07, 6.45) is 13.4. The first-order valence-corrected chi connectivity index (χ1v) is 9.66. The van der Waals surface area contributed by atoms with E-state index in [-0.39, 0.29) is 0 Å². The van der Waals surface area contributed by atoms with E-state index in [2.05, 4.69) is 43.1 Å². The predicted molar refractivity (Wildman–Crippen MR) is 88.5 cm³/mol. The van der Waals surface area contributed by atoms with E-state index in [0.29, 0.717) is 6.26 Å². The summed E-state index contributed by atoms with van der Waals surface area (Å²) in [7, 11) is -1.53. The van der Waals surface area contributed by atoms with E-state index < -0.39 is 10.1 Å². The SMILES string of the molecule is CCCCCC(CCC)CN1C=CN(C)C1.CS(=O)(=O)O. The third kappa shape index (κ3) is 14.0. The molecule has 0 amide bonds. The quantitative estimate of drug-likeness (QED) is 0.550. The first kappa shape index (κ1) is 20.2. The Bertz CT molecular complexity index is 374. The van der Waals surface area contributed by atoms with Crippen LogP contribution < -0.4 is 0 Å². The van der Waals surface area contributed by atoms with Crippen molar-refractivity contribution in [2.75, 3.05) is 26.5 Å². The van der Waals surface area contributed by atoms with Gasteiger partial charge in [-0.05, 0) is 18.8 Å². The first-order chi connectivity index (χ1) is 9.76. The molecule has 0 aromatic heterocycles. The number of nitrogens with zero attached hydrogens (tertiary/aromatic N) is 2. The Morgan fingerprint density at radius 1 is 1.14 bits per heavy atom. The maximum atomic E-state index is 9.19. The summed E-state index contributed by atoms with van der Waals surface area (Å²) in [5.41, 5.74) is 0. The van der Waals surface area contributed by atoms with Gasteiger partial charge in [-0.1, -0.05) is 39.5 Å². The second-order valence-electron chi connectivity index (χ2n) is 5.85. The lowest BCUT2D eigenvalue weighted by atomic mass is 9.96. The van der Waals surface area contributed by atoms with Crippen molar-refractivity contribution in [1.29, 1.82) is 0 Å². The van der Waals surface area contributed by atoms with E-state index in [1.807, 2.05) is 0 Å². The van der Waals surface area contributed by atoms with Crippen LogP contribution in [0.15, 0.2) is 12.4 Å². The Hall–Kier alpha value is -0.750. The summed E-state index contributed by atoms with van der Waals surface area (Å²) in [5.74, 6) is 0.896. The molecule has 0 aliphatic carbocycles. The number of rotatable bonds is 8. The lowest BCUT2D eigenvalue weighted by Gasteiger charge is -2.24. The summed E-state index contributed by atoms with van der Waals surface area (Å²) >= 11 is 0. The van der Waals surface area contributed by atoms with Crippen molar-refractivity contribution in [2.45, 2.75) is 52.4 Å². The molecule has 1 aliphatic rings. The molecule has 1 aliphatic heterocycles. The van der Waals surface area contributed by atoms with Crippen LogP contribution in [0.1, 0.15) is 52.4 Å². The molecule has 0 aromatic rings. The molecule has 0 spiro atoms. The molecular weight excluding hydrogens is 288 g/mol. The van der Waals surface area contributed by atoms with Crippen molar-refractivity contribution >= 4 is 10.1 Å². The second-order valence-corrected chi connectivity index (χ2v) is 7.32. The van der Waals surface area contributed by atoms with Crippen molar-refractivity contribution in [2.24, 2.45) is 5.92 Å². The van der Waals surface area contributed by atoms with Gasteiger partial charge in [0.25, 0.3) is 10.1 Å². The minimum atomic E-state index is -3.67. The zero-order valence-electron chi connectivity index (χ0n) is 14.0. The first-order valence-electron chi connectivity index (χ1n) is 7.81. The fourth-order valence-corrected chi connectivity index (χ4v) is 2.46. The molecule has 0 aromatic carbocycles. The smallest absolute Gasteiger partial charge is 0.261 e. The van der Waals surface area contributed by atoms with Crippen LogP contribution in [0.5, 0.6) is 0 Å². The molecule has 1 atom stereocenters. The average Bonchev–Trinajstić information content (AvgIpc) is 2.73. The molecule has 0 fully saturated rings. The maximum absolute atomic E-state index is 9.19. The molecule has 1 N–H and O–H groups in total. The molecule has 1 heterocycles. The van der Waals surface area contributed by atoms with Crippen LogP contribution in [0.2, 0.25) is 0 Å². The van der Waals surface area contributed by atoms with Crippen molar-refractivity contribution in [3.05, 3.63) is 12.4 Å². The topological polar surface area (TPSA) is 60.9 Å². The van der Waals surface area contributed by atoms with Gasteiger partial charge in [0.2, 0.25) is 0 Å². The molecule has 5 nitrogen and oxygen atoms in total. The summed E-state index contributed by atoms with van der Waals surface area (Å²) in [5, 5.41) is 0. The summed E-state index contributed by atoms with van der Waals surface area (Å²) < 4.78 is 25.9. The molecule has 6 heteroatoms. The van der Waals surface area contributed by atoms with Gasteiger partial charge in [-0.15, -0.1) is 0 Å². The van der Waals surface area contributed by atoms with Gasteiger partial charge in [0, 0.05) is 26.0 Å². The van der Waals surface area contributed by atoms with Crippen molar-refractivity contribution in [3.63, 3.8) is 0 Å². The van der Waals surface area contributed by atoms with E-state index in [4.69, 9.17) is 4.55 Å². The van der Waals surface area contributed by atoms with Gasteiger partial charge < -0.3 is 9.80 Å². The molecule has 0 bridgehead atoms. The number of unbranched alkanes of at least 4 members (excludes halogenated alkanes) is 2. The molecule has 1 rings (SSSR count). The number of hydrogen-bond donors (Lipinski definition) is 1. The van der Waals surface area contributed by atoms with Gasteiger partial charge in [-0.3, -0.25) is 4.55 Å². The van der Waals surface area contributed by atoms with Crippen molar-refractivity contribution in [3.8, 4) is 0 Å². The van der Waals surface area contributed by atoms with Gasteiger partial charge >= 0.3 is 0 Å². The third-order valence-electron chi connectivity index (χ3n) is 3.34. The van der Waals surface area contributed by atoms with E-state index >= 15 is 0 Å². The summed E-state index contributed by atoms with van der Waals surface area (Å²) in [6, 6.07) is 0. The van der Waals surface area contributed by atoms with Crippen molar-refractivity contribution < 1.29 is 13.0 Å². The van der Waals surface area contributed by atoms with E-state index in [0.717, 1.165) is 12.6 Å². The third-order valence-corrected chi connectivity index (χ3v) is 3.34. The van der Waals surface area contributed by atoms with E-state index in [1.54, 1.807) is 0 Å². The van der Waals surface area contributed by atoms with Crippen molar-refractivity contribution in [1.82, 2.24) is 9.80 Å². The minimum Gasteiger partial charge on any atom is -0.362 e. The Labute approximate surface area is 130 Å². The zero-order chi connectivity index (χ0) is 16.3. The van der Waals surface area contributed by atoms with Gasteiger partial charge in [0.05, 0.1) is 12.9 Å². The van der Waals surface area contributed by atoms with Crippen LogP contribution in [-0.4, -0.2) is 49.3 Å². The lowest BCUT2D eigenvalue weighted by molar-refractivity contribution is 0.241. The van der Waals surface area contributed by atoms with Crippen LogP contribution in [0.4, 0.5) is 0 Å². The van der Waals surface area contributed by atoms with E-state index in [9.17, 15) is 8.42 Å². The average molecular weight is 320 g/mol. The Balaban J connectivity index is 0.000000690. The number of hydrogen-bond acceptors (Lipinski definition) is 4. The molecule has 0 saturated carbocycles. The van der Waals surface area contributed by atoms with Crippen LogP contribution in [-0.2, 0) is 10.1 Å². The van der Waals surface area contributed by atoms with Gasteiger partial charge in [-0.25, -0.2) is 0 Å². The fourth-order valence-electron chi connectivity index (χ4n) is 2.46. The lowest BCUT2D eigenvalue weighted by Crippen LogP contribution is -2.27. The Morgan fingerprint density at radius 3 is 2.19 bits per heavy atom. The minimum absolute atomic E-state index is 0.715. The highest BCUT2D eigenvalue weighted by molar-refractivity contribution is 7.85. The maximum Gasteiger partial charge on any atom is 0.261 e. The molecular formula is C15H32N2O3S. The molecule has 0 radical (unpaired) electrons. The predicted octanol–water partition coefficient (Wildman–Crippen LogP) is 3.16. The van der Waals surface area contributed by atoms with Gasteiger partial charge in [0.1, 0.15) is 0 Å². The highest BCUT2D eigenvalue weighted by atomic mass is 32.2. The van der Waals surface area contributed by atoms with Crippen LogP contribution in [0.3, 0.4) is 0 Å². The van der Waals surface area contributed by atoms with Gasteiger partial charge in [0.15, 0.2) is 0 Å². The largest absolute Gasteiger partial charge is 0.362 e. The normalized spacial score (nSPS) is 15.9. The molecule has 1 unspecified atom stereocenters.